The van der Waals surface area contributed by atoms with E-state index in [4.69, 9.17) is 14.6 Å². The van der Waals surface area contributed by atoms with Crippen molar-refractivity contribution < 1.29 is 19.4 Å². The van der Waals surface area contributed by atoms with E-state index in [9.17, 15) is 4.79 Å². The minimum absolute atomic E-state index is 0.351. The lowest BCUT2D eigenvalue weighted by Crippen LogP contribution is -2.43. The number of rotatable bonds is 6. The van der Waals surface area contributed by atoms with Gasteiger partial charge in [0.1, 0.15) is 0 Å². The smallest absolute Gasteiger partial charge is 0.328 e. The van der Waals surface area contributed by atoms with Crippen molar-refractivity contribution in [2.75, 3.05) is 13.2 Å². The lowest BCUT2D eigenvalue weighted by Gasteiger charge is -2.41. The maximum atomic E-state index is 10.7. The van der Waals surface area contributed by atoms with Gasteiger partial charge in [-0.3, -0.25) is 0 Å². The number of carboxylic acid groups (broad SMARTS) is 1. The standard InChI is InChI=1S/C28H26O4/c1-21(18-26(29)30)12-13-22-14-16-23(17-15-22)27-31-19-28(20-32-27,24-8-4-2-5-9-24)25-10-6-3-7-11-25/h2-18,27H,19-20H2,1H3,(H,29,30)/b13-12+,21-18+. The predicted molar refractivity (Wildman–Crippen MR) is 125 cm³/mol. The molecule has 0 aliphatic carbocycles. The molecule has 32 heavy (non-hydrogen) atoms. The summed E-state index contributed by atoms with van der Waals surface area (Å²) >= 11 is 0. The number of hydrogen-bond acceptors (Lipinski definition) is 3. The van der Waals surface area contributed by atoms with E-state index < -0.39 is 12.3 Å². The first-order valence-corrected chi connectivity index (χ1v) is 10.6. The Morgan fingerprint density at radius 2 is 1.41 bits per heavy atom. The number of aliphatic carboxylic acids is 1. The number of ether oxygens (including phenoxy) is 2. The van der Waals surface area contributed by atoms with Crippen LogP contribution in [0.25, 0.3) is 6.08 Å². The minimum Gasteiger partial charge on any atom is -0.478 e. The number of carbonyl (C=O) groups is 1. The molecule has 0 amide bonds. The van der Waals surface area contributed by atoms with Gasteiger partial charge < -0.3 is 14.6 Å². The van der Waals surface area contributed by atoms with Crippen LogP contribution < -0.4 is 0 Å². The highest BCUT2D eigenvalue weighted by Gasteiger charge is 2.40. The fraction of sp³-hybridized carbons (Fsp3) is 0.179. The predicted octanol–water partition coefficient (Wildman–Crippen LogP) is 5.76. The summed E-state index contributed by atoms with van der Waals surface area (Å²) in [6.07, 6.45) is 4.42. The van der Waals surface area contributed by atoms with Crippen molar-refractivity contribution in [1.82, 2.24) is 0 Å². The van der Waals surface area contributed by atoms with Crippen LogP contribution in [-0.4, -0.2) is 24.3 Å². The zero-order valence-electron chi connectivity index (χ0n) is 18.0. The highest BCUT2D eigenvalue weighted by atomic mass is 16.7. The van der Waals surface area contributed by atoms with Gasteiger partial charge in [-0.05, 0) is 29.2 Å². The normalized spacial score (nSPS) is 16.8. The van der Waals surface area contributed by atoms with Gasteiger partial charge in [-0.15, -0.1) is 0 Å². The Labute approximate surface area is 188 Å². The second-order valence-electron chi connectivity index (χ2n) is 7.99. The number of benzene rings is 3. The van der Waals surface area contributed by atoms with E-state index in [0.29, 0.717) is 18.8 Å². The molecule has 0 aromatic heterocycles. The van der Waals surface area contributed by atoms with E-state index in [1.165, 1.54) is 17.2 Å². The lowest BCUT2D eigenvalue weighted by molar-refractivity contribution is -0.207. The summed E-state index contributed by atoms with van der Waals surface area (Å²) in [4.78, 5) is 10.7. The molecule has 0 radical (unpaired) electrons. The van der Waals surface area contributed by atoms with Gasteiger partial charge in [-0.1, -0.05) is 97.1 Å². The Morgan fingerprint density at radius 3 is 1.91 bits per heavy atom. The molecule has 1 heterocycles. The van der Waals surface area contributed by atoms with Gasteiger partial charge in [0.05, 0.1) is 18.6 Å². The zero-order chi connectivity index (χ0) is 22.4. The van der Waals surface area contributed by atoms with Crippen LogP contribution in [-0.2, 0) is 19.7 Å². The van der Waals surface area contributed by atoms with Crippen molar-refractivity contribution in [3.05, 3.63) is 125 Å². The Kier molecular flexibility index (Phi) is 6.64. The summed E-state index contributed by atoms with van der Waals surface area (Å²) in [5.74, 6) is -0.948. The average Bonchev–Trinajstić information content (AvgIpc) is 2.84. The first-order valence-electron chi connectivity index (χ1n) is 10.6. The quantitative estimate of drug-likeness (QED) is 0.402. The van der Waals surface area contributed by atoms with E-state index in [-0.39, 0.29) is 5.41 Å². The molecule has 0 bridgehead atoms. The van der Waals surface area contributed by atoms with Gasteiger partial charge in [0, 0.05) is 11.6 Å². The Hall–Kier alpha value is -3.47. The van der Waals surface area contributed by atoms with Crippen LogP contribution in [0.5, 0.6) is 0 Å². The van der Waals surface area contributed by atoms with E-state index in [1.54, 1.807) is 13.0 Å². The molecule has 3 aromatic rings. The molecule has 4 nitrogen and oxygen atoms in total. The van der Waals surface area contributed by atoms with E-state index in [1.807, 2.05) is 66.7 Å². The molecule has 1 aliphatic heterocycles. The monoisotopic (exact) mass is 426 g/mol. The number of hydrogen-bond donors (Lipinski definition) is 1. The van der Waals surface area contributed by atoms with Crippen LogP contribution in [0.1, 0.15) is 35.5 Å². The molecular weight excluding hydrogens is 400 g/mol. The van der Waals surface area contributed by atoms with E-state index >= 15 is 0 Å². The van der Waals surface area contributed by atoms with Crippen LogP contribution >= 0.6 is 0 Å². The summed E-state index contributed by atoms with van der Waals surface area (Å²) in [6.45, 7) is 2.80. The van der Waals surface area contributed by atoms with Crippen LogP contribution in [0, 0.1) is 0 Å². The van der Waals surface area contributed by atoms with Crippen molar-refractivity contribution in [3.8, 4) is 0 Å². The SMILES string of the molecule is CC(/C=C/c1ccc(C2OCC(c3ccccc3)(c3ccccc3)CO2)cc1)=C\C(=O)O. The molecule has 4 rings (SSSR count). The topological polar surface area (TPSA) is 55.8 Å². The Bertz CT molecular complexity index is 1050. The molecule has 3 aromatic carbocycles. The van der Waals surface area contributed by atoms with Gasteiger partial charge in [0.2, 0.25) is 0 Å². The summed E-state index contributed by atoms with van der Waals surface area (Å²) in [5.41, 5.74) is 4.61. The highest BCUT2D eigenvalue weighted by molar-refractivity contribution is 5.81. The van der Waals surface area contributed by atoms with Crippen molar-refractivity contribution in [2.24, 2.45) is 0 Å². The lowest BCUT2D eigenvalue weighted by atomic mass is 9.75. The van der Waals surface area contributed by atoms with Crippen molar-refractivity contribution in [2.45, 2.75) is 18.6 Å². The van der Waals surface area contributed by atoms with Gasteiger partial charge in [-0.2, -0.15) is 0 Å². The average molecular weight is 427 g/mol. The molecule has 1 N–H and O–H groups in total. The second kappa shape index (κ2) is 9.77. The van der Waals surface area contributed by atoms with Gasteiger partial charge in [-0.25, -0.2) is 4.79 Å². The van der Waals surface area contributed by atoms with Gasteiger partial charge in [0.15, 0.2) is 6.29 Å². The first kappa shape index (κ1) is 21.8. The summed E-state index contributed by atoms with van der Waals surface area (Å²) < 4.78 is 12.5. The third kappa shape index (κ3) is 4.88. The van der Waals surface area contributed by atoms with Crippen molar-refractivity contribution >= 4 is 12.0 Å². The molecule has 4 heteroatoms. The second-order valence-corrected chi connectivity index (χ2v) is 7.99. The van der Waals surface area contributed by atoms with Crippen LogP contribution in [0.2, 0.25) is 0 Å². The molecule has 0 atom stereocenters. The molecule has 0 unspecified atom stereocenters. The van der Waals surface area contributed by atoms with Crippen LogP contribution in [0.4, 0.5) is 0 Å². The molecule has 0 spiro atoms. The maximum Gasteiger partial charge on any atom is 0.328 e. The summed E-state index contributed by atoms with van der Waals surface area (Å²) in [5, 5.41) is 8.81. The van der Waals surface area contributed by atoms with Gasteiger partial charge in [0.25, 0.3) is 0 Å². The van der Waals surface area contributed by atoms with Gasteiger partial charge >= 0.3 is 5.97 Å². The third-order valence-electron chi connectivity index (χ3n) is 5.71. The first-order chi connectivity index (χ1) is 15.6. The van der Waals surface area contributed by atoms with Crippen molar-refractivity contribution in [3.63, 3.8) is 0 Å². The molecule has 1 fully saturated rings. The van der Waals surface area contributed by atoms with E-state index in [2.05, 4.69) is 24.3 Å². The molecule has 162 valence electrons. The summed E-state index contributed by atoms with van der Waals surface area (Å²) in [6, 6.07) is 28.7. The fourth-order valence-electron chi connectivity index (χ4n) is 3.97. The Balaban J connectivity index is 1.50. The van der Waals surface area contributed by atoms with Crippen LogP contribution in [0.3, 0.4) is 0 Å². The highest BCUT2D eigenvalue weighted by Crippen LogP contribution is 2.39. The van der Waals surface area contributed by atoms with Crippen LogP contribution in [0.15, 0.2) is 103 Å². The van der Waals surface area contributed by atoms with Crippen molar-refractivity contribution in [1.29, 1.82) is 0 Å². The third-order valence-corrected chi connectivity index (χ3v) is 5.71. The largest absolute Gasteiger partial charge is 0.478 e. The minimum atomic E-state index is -0.948. The summed E-state index contributed by atoms with van der Waals surface area (Å²) in [7, 11) is 0. The molecule has 1 aliphatic rings. The Morgan fingerprint density at radius 1 is 0.875 bits per heavy atom. The maximum absolute atomic E-state index is 10.7. The number of allylic oxidation sites excluding steroid dienone is 2. The molecule has 1 saturated heterocycles. The zero-order valence-corrected chi connectivity index (χ0v) is 18.0. The number of carboxylic acids is 1. The van der Waals surface area contributed by atoms with E-state index in [0.717, 1.165) is 11.1 Å². The fourth-order valence-corrected chi connectivity index (χ4v) is 3.97. The molecular formula is C28H26O4. The molecule has 0 saturated carbocycles.